The highest BCUT2D eigenvalue weighted by atomic mass is 16.5. The third-order valence-corrected chi connectivity index (χ3v) is 4.68. The summed E-state index contributed by atoms with van der Waals surface area (Å²) < 4.78 is 5.61. The van der Waals surface area contributed by atoms with Crippen molar-refractivity contribution in [1.29, 1.82) is 0 Å². The summed E-state index contributed by atoms with van der Waals surface area (Å²) in [5, 5.41) is 9.05. The summed E-state index contributed by atoms with van der Waals surface area (Å²) >= 11 is 0. The fourth-order valence-electron chi connectivity index (χ4n) is 3.27. The molecule has 128 valence electrons. The summed E-state index contributed by atoms with van der Waals surface area (Å²) in [5.41, 5.74) is 9.06. The van der Waals surface area contributed by atoms with Crippen molar-refractivity contribution in [2.75, 3.05) is 30.4 Å². The molecule has 0 amide bonds. The van der Waals surface area contributed by atoms with E-state index in [1.54, 1.807) is 0 Å². The van der Waals surface area contributed by atoms with Crippen LogP contribution >= 0.6 is 0 Å². The number of carboxylic acids is 1. The monoisotopic (exact) mass is 320 g/mol. The van der Waals surface area contributed by atoms with Crippen LogP contribution in [0.1, 0.15) is 45.1 Å². The molecule has 1 aromatic rings. The molecule has 5 nitrogen and oxygen atoms in total. The minimum absolute atomic E-state index is 0.00874. The van der Waals surface area contributed by atoms with Crippen LogP contribution in [0.4, 0.5) is 11.4 Å². The molecule has 0 aromatic heterocycles. The predicted molar refractivity (Wildman–Crippen MR) is 92.9 cm³/mol. The molecular weight excluding hydrogens is 292 g/mol. The molecule has 1 aromatic carbocycles. The molecule has 3 N–H and O–H groups in total. The molecule has 1 heterocycles. The van der Waals surface area contributed by atoms with Gasteiger partial charge in [-0.3, -0.25) is 4.79 Å². The van der Waals surface area contributed by atoms with Crippen molar-refractivity contribution >= 4 is 17.3 Å². The maximum Gasteiger partial charge on any atom is 0.303 e. The number of nitrogens with two attached hydrogens (primary N) is 1. The van der Waals surface area contributed by atoms with Crippen LogP contribution in [0.15, 0.2) is 18.2 Å². The molecule has 1 aliphatic rings. The molecule has 0 spiro atoms. The van der Waals surface area contributed by atoms with Crippen LogP contribution in [0.25, 0.3) is 0 Å². The smallest absolute Gasteiger partial charge is 0.303 e. The highest BCUT2D eigenvalue weighted by Crippen LogP contribution is 2.33. The molecule has 0 saturated carbocycles. The number of nitrogens with zero attached hydrogens (tertiary/aromatic N) is 1. The lowest BCUT2D eigenvalue weighted by atomic mass is 9.92. The number of anilines is 2. The number of hydrogen-bond acceptors (Lipinski definition) is 4. The minimum Gasteiger partial charge on any atom is -0.481 e. The average Bonchev–Trinajstić information content (AvgIpc) is 2.52. The van der Waals surface area contributed by atoms with Crippen molar-refractivity contribution in [2.24, 2.45) is 5.92 Å². The fourth-order valence-corrected chi connectivity index (χ4v) is 3.27. The van der Waals surface area contributed by atoms with Crippen LogP contribution < -0.4 is 10.6 Å². The van der Waals surface area contributed by atoms with Gasteiger partial charge < -0.3 is 20.5 Å². The molecule has 2 unspecified atom stereocenters. The van der Waals surface area contributed by atoms with Gasteiger partial charge in [-0.1, -0.05) is 26.8 Å². The van der Waals surface area contributed by atoms with Crippen molar-refractivity contribution in [1.82, 2.24) is 0 Å². The lowest BCUT2D eigenvalue weighted by Crippen LogP contribution is -2.48. The Morgan fingerprint density at radius 2 is 2.22 bits per heavy atom. The Bertz CT molecular complexity index is 545. The standard InChI is InChI=1S/C18H28N2O3/c1-4-13(10-18(21)22)14-5-6-16(15(19)9-14)20-7-8-23-11-17(20)12(2)3/h5-6,9,12-13,17H,4,7-8,10-11,19H2,1-3H3,(H,21,22). The van der Waals surface area contributed by atoms with Crippen molar-refractivity contribution < 1.29 is 14.6 Å². The van der Waals surface area contributed by atoms with E-state index in [9.17, 15) is 4.79 Å². The van der Waals surface area contributed by atoms with E-state index in [2.05, 4.69) is 18.7 Å². The summed E-state index contributed by atoms with van der Waals surface area (Å²) in [6.45, 7) is 8.65. The molecule has 2 rings (SSSR count). The number of aliphatic carboxylic acids is 1. The Labute approximate surface area is 138 Å². The lowest BCUT2D eigenvalue weighted by molar-refractivity contribution is -0.137. The number of ether oxygens (including phenoxy) is 1. The Kier molecular flexibility index (Phi) is 5.88. The van der Waals surface area contributed by atoms with Gasteiger partial charge in [-0.2, -0.15) is 0 Å². The van der Waals surface area contributed by atoms with Crippen LogP contribution in [0.3, 0.4) is 0 Å². The zero-order valence-corrected chi connectivity index (χ0v) is 14.3. The quantitative estimate of drug-likeness (QED) is 0.788. The first kappa shape index (κ1) is 17.6. The van der Waals surface area contributed by atoms with Gasteiger partial charge in [0.15, 0.2) is 0 Å². The Hall–Kier alpha value is -1.75. The normalized spacial score (nSPS) is 19.8. The van der Waals surface area contributed by atoms with Crippen LogP contribution in [-0.2, 0) is 9.53 Å². The summed E-state index contributed by atoms with van der Waals surface area (Å²) in [4.78, 5) is 13.3. The maximum atomic E-state index is 11.0. The van der Waals surface area contributed by atoms with Crippen molar-refractivity contribution in [3.63, 3.8) is 0 Å². The SMILES string of the molecule is CCC(CC(=O)O)c1ccc(N2CCOCC2C(C)C)c(N)c1. The second-order valence-corrected chi connectivity index (χ2v) is 6.60. The van der Waals surface area contributed by atoms with Gasteiger partial charge in [0.25, 0.3) is 0 Å². The number of morpholine rings is 1. The number of rotatable bonds is 6. The molecule has 0 bridgehead atoms. The van der Waals surface area contributed by atoms with E-state index in [1.807, 2.05) is 25.1 Å². The Morgan fingerprint density at radius 3 is 2.78 bits per heavy atom. The topological polar surface area (TPSA) is 75.8 Å². The van der Waals surface area contributed by atoms with Gasteiger partial charge in [-0.25, -0.2) is 0 Å². The molecular formula is C18H28N2O3. The first-order valence-corrected chi connectivity index (χ1v) is 8.39. The number of nitrogen functional groups attached to an aromatic ring is 1. The van der Waals surface area contributed by atoms with Crippen LogP contribution in [0.5, 0.6) is 0 Å². The predicted octanol–water partition coefficient (Wildman–Crippen LogP) is 3.10. The van der Waals surface area contributed by atoms with E-state index in [-0.39, 0.29) is 12.3 Å². The van der Waals surface area contributed by atoms with Gasteiger partial charge >= 0.3 is 5.97 Å². The molecule has 1 saturated heterocycles. The highest BCUT2D eigenvalue weighted by Gasteiger charge is 2.27. The van der Waals surface area contributed by atoms with E-state index >= 15 is 0 Å². The van der Waals surface area contributed by atoms with Crippen LogP contribution in [0.2, 0.25) is 0 Å². The molecule has 1 aliphatic heterocycles. The Morgan fingerprint density at radius 1 is 1.48 bits per heavy atom. The lowest BCUT2D eigenvalue weighted by Gasteiger charge is -2.40. The summed E-state index contributed by atoms with van der Waals surface area (Å²) in [6.07, 6.45) is 0.929. The number of carbonyl (C=O) groups is 1. The zero-order valence-electron chi connectivity index (χ0n) is 14.3. The third kappa shape index (κ3) is 4.16. The first-order valence-electron chi connectivity index (χ1n) is 8.39. The largest absolute Gasteiger partial charge is 0.481 e. The molecule has 0 radical (unpaired) electrons. The zero-order chi connectivity index (χ0) is 17.0. The van der Waals surface area contributed by atoms with E-state index in [0.717, 1.165) is 36.5 Å². The van der Waals surface area contributed by atoms with Gasteiger partial charge in [0.2, 0.25) is 0 Å². The molecule has 2 atom stereocenters. The fraction of sp³-hybridized carbons (Fsp3) is 0.611. The van der Waals surface area contributed by atoms with Gasteiger partial charge in [0.05, 0.1) is 37.1 Å². The Balaban J connectivity index is 2.26. The maximum absolute atomic E-state index is 11.0. The highest BCUT2D eigenvalue weighted by molar-refractivity contribution is 5.71. The third-order valence-electron chi connectivity index (χ3n) is 4.68. The summed E-state index contributed by atoms with van der Waals surface area (Å²) in [7, 11) is 0. The van der Waals surface area contributed by atoms with E-state index in [0.29, 0.717) is 18.6 Å². The van der Waals surface area contributed by atoms with E-state index in [4.69, 9.17) is 15.6 Å². The van der Waals surface area contributed by atoms with Gasteiger partial charge in [-0.05, 0) is 36.0 Å². The number of hydrogen-bond donors (Lipinski definition) is 2. The van der Waals surface area contributed by atoms with E-state index in [1.165, 1.54) is 0 Å². The van der Waals surface area contributed by atoms with Crippen LogP contribution in [-0.4, -0.2) is 36.9 Å². The van der Waals surface area contributed by atoms with Crippen molar-refractivity contribution in [3.8, 4) is 0 Å². The summed E-state index contributed by atoms with van der Waals surface area (Å²) in [5.74, 6) is -0.285. The molecule has 5 heteroatoms. The molecule has 23 heavy (non-hydrogen) atoms. The van der Waals surface area contributed by atoms with Crippen molar-refractivity contribution in [2.45, 2.75) is 45.6 Å². The first-order chi connectivity index (χ1) is 10.9. The number of benzene rings is 1. The van der Waals surface area contributed by atoms with Gasteiger partial charge in [-0.15, -0.1) is 0 Å². The van der Waals surface area contributed by atoms with Gasteiger partial charge in [0.1, 0.15) is 0 Å². The molecule has 1 fully saturated rings. The second-order valence-electron chi connectivity index (χ2n) is 6.60. The van der Waals surface area contributed by atoms with Gasteiger partial charge in [0, 0.05) is 6.54 Å². The molecule has 0 aliphatic carbocycles. The number of carboxylic acid groups (broad SMARTS) is 1. The van der Waals surface area contributed by atoms with Crippen molar-refractivity contribution in [3.05, 3.63) is 23.8 Å². The van der Waals surface area contributed by atoms with Crippen LogP contribution in [0, 0.1) is 5.92 Å². The average molecular weight is 320 g/mol. The second kappa shape index (κ2) is 7.68. The van der Waals surface area contributed by atoms with E-state index < -0.39 is 5.97 Å². The minimum atomic E-state index is -0.771. The summed E-state index contributed by atoms with van der Waals surface area (Å²) in [6, 6.07) is 6.32.